The lowest BCUT2D eigenvalue weighted by Crippen LogP contribution is -2.37. The van der Waals surface area contributed by atoms with Gasteiger partial charge < -0.3 is 10.1 Å². The molecule has 0 saturated heterocycles. The Morgan fingerprint density at radius 1 is 1.10 bits per heavy atom. The number of amides is 1. The average Bonchev–Trinajstić information content (AvgIpc) is 2.74. The van der Waals surface area contributed by atoms with Crippen LogP contribution >= 0.6 is 0 Å². The number of aryl methyl sites for hydroxylation is 1. The van der Waals surface area contributed by atoms with Gasteiger partial charge in [-0.3, -0.25) is 9.10 Å². The quantitative estimate of drug-likeness (QED) is 0.747. The van der Waals surface area contributed by atoms with Gasteiger partial charge in [0.25, 0.3) is 15.9 Å². The van der Waals surface area contributed by atoms with E-state index in [4.69, 9.17) is 4.74 Å². The number of rotatable bonds is 6. The van der Waals surface area contributed by atoms with E-state index in [-0.39, 0.29) is 16.8 Å². The van der Waals surface area contributed by atoms with E-state index < -0.39 is 10.0 Å². The number of ether oxygens (including phenoxy) is 1. The Morgan fingerprint density at radius 3 is 2.43 bits per heavy atom. The number of sulfonamides is 1. The highest BCUT2D eigenvalue weighted by atomic mass is 32.2. The molecule has 7 heteroatoms. The molecule has 1 aliphatic rings. The fourth-order valence-corrected chi connectivity index (χ4v) is 5.08. The molecule has 1 amide bonds. The second kappa shape index (κ2) is 9.08. The monoisotopic (exact) mass is 430 g/mol. The molecule has 0 spiro atoms. The molecule has 1 fully saturated rings. The molecule has 0 unspecified atom stereocenters. The molecule has 0 aliphatic heterocycles. The predicted octanol–water partition coefficient (Wildman–Crippen LogP) is 4.14. The van der Waals surface area contributed by atoms with Crippen LogP contribution in [0.4, 0.5) is 5.69 Å². The van der Waals surface area contributed by atoms with Gasteiger partial charge in [-0.1, -0.05) is 25.1 Å². The summed E-state index contributed by atoms with van der Waals surface area (Å²) in [6, 6.07) is 11.8. The van der Waals surface area contributed by atoms with Gasteiger partial charge in [0.15, 0.2) is 0 Å². The van der Waals surface area contributed by atoms with Crippen LogP contribution in [0.1, 0.15) is 48.5 Å². The lowest BCUT2D eigenvalue weighted by atomic mass is 9.87. The van der Waals surface area contributed by atoms with Gasteiger partial charge in [-0.05, 0) is 68.4 Å². The van der Waals surface area contributed by atoms with Crippen molar-refractivity contribution in [2.24, 2.45) is 5.92 Å². The van der Waals surface area contributed by atoms with Crippen molar-refractivity contribution >= 4 is 21.6 Å². The molecule has 1 aliphatic carbocycles. The summed E-state index contributed by atoms with van der Waals surface area (Å²) < 4.78 is 33.0. The topological polar surface area (TPSA) is 75.7 Å². The second-order valence-electron chi connectivity index (χ2n) is 8.05. The Bertz CT molecular complexity index is 1010. The molecule has 3 rings (SSSR count). The minimum absolute atomic E-state index is 0.0731. The van der Waals surface area contributed by atoms with Crippen molar-refractivity contribution in [3.8, 4) is 5.75 Å². The zero-order chi connectivity index (χ0) is 21.9. The third-order valence-corrected chi connectivity index (χ3v) is 7.65. The van der Waals surface area contributed by atoms with E-state index in [2.05, 4.69) is 12.2 Å². The average molecular weight is 431 g/mol. The Kier molecular flexibility index (Phi) is 6.71. The number of hydrogen-bond donors (Lipinski definition) is 1. The van der Waals surface area contributed by atoms with Crippen molar-refractivity contribution < 1.29 is 17.9 Å². The maximum Gasteiger partial charge on any atom is 0.264 e. The highest BCUT2D eigenvalue weighted by molar-refractivity contribution is 7.92. The number of carbonyl (C=O) groups is 1. The molecule has 2 aromatic rings. The van der Waals surface area contributed by atoms with E-state index in [9.17, 15) is 13.2 Å². The van der Waals surface area contributed by atoms with Crippen LogP contribution in [0, 0.1) is 12.8 Å². The van der Waals surface area contributed by atoms with Crippen LogP contribution in [0.3, 0.4) is 0 Å². The third-order valence-electron chi connectivity index (χ3n) is 5.89. The normalized spacial score (nSPS) is 19.2. The van der Waals surface area contributed by atoms with Crippen LogP contribution in [-0.4, -0.2) is 34.5 Å². The minimum Gasteiger partial charge on any atom is -0.495 e. The van der Waals surface area contributed by atoms with Crippen LogP contribution in [0.2, 0.25) is 0 Å². The number of benzene rings is 2. The van der Waals surface area contributed by atoms with Crippen LogP contribution in [0.25, 0.3) is 0 Å². The standard InChI is InChI=1S/C23H30N2O4S/c1-16-9-12-18(13-10-16)24-23(26)20-15-19(14-11-17(20)2)30(27,28)25(3)21-7-5-6-8-22(21)29-4/h5-8,11,14-16,18H,9-10,12-13H2,1-4H3,(H,24,26). The van der Waals surface area contributed by atoms with E-state index in [1.54, 1.807) is 30.3 Å². The molecular weight excluding hydrogens is 400 g/mol. The number of nitrogens with one attached hydrogen (secondary N) is 1. The highest BCUT2D eigenvalue weighted by Crippen LogP contribution is 2.31. The van der Waals surface area contributed by atoms with E-state index in [0.717, 1.165) is 31.2 Å². The van der Waals surface area contributed by atoms with Crippen molar-refractivity contribution in [1.29, 1.82) is 0 Å². The molecule has 6 nitrogen and oxygen atoms in total. The molecule has 30 heavy (non-hydrogen) atoms. The van der Waals surface area contributed by atoms with Crippen molar-refractivity contribution in [3.05, 3.63) is 53.6 Å². The molecule has 0 atom stereocenters. The first kappa shape index (κ1) is 22.2. The fraction of sp³-hybridized carbons (Fsp3) is 0.435. The Balaban J connectivity index is 1.87. The fourth-order valence-electron chi connectivity index (χ4n) is 3.85. The zero-order valence-corrected chi connectivity index (χ0v) is 18.8. The predicted molar refractivity (Wildman–Crippen MR) is 119 cm³/mol. The van der Waals surface area contributed by atoms with E-state index in [1.807, 2.05) is 6.92 Å². The SMILES string of the molecule is COc1ccccc1N(C)S(=O)(=O)c1ccc(C)c(C(=O)NC2CCC(C)CC2)c1. The summed E-state index contributed by atoms with van der Waals surface area (Å²) in [5, 5.41) is 3.09. The molecule has 1 saturated carbocycles. The van der Waals surface area contributed by atoms with Crippen molar-refractivity contribution in [1.82, 2.24) is 5.32 Å². The van der Waals surface area contributed by atoms with Gasteiger partial charge in [0, 0.05) is 18.7 Å². The molecule has 1 N–H and O–H groups in total. The second-order valence-corrected chi connectivity index (χ2v) is 10.0. The first-order valence-corrected chi connectivity index (χ1v) is 11.7. The number of anilines is 1. The zero-order valence-electron chi connectivity index (χ0n) is 18.0. The molecule has 0 radical (unpaired) electrons. The summed E-state index contributed by atoms with van der Waals surface area (Å²) in [4.78, 5) is 13.0. The van der Waals surface area contributed by atoms with Crippen LogP contribution in [0.5, 0.6) is 5.75 Å². The van der Waals surface area contributed by atoms with Crippen LogP contribution in [0.15, 0.2) is 47.4 Å². The van der Waals surface area contributed by atoms with Gasteiger partial charge in [-0.2, -0.15) is 0 Å². The van der Waals surface area contributed by atoms with Crippen molar-refractivity contribution in [2.45, 2.75) is 50.5 Å². The molecule has 0 aromatic heterocycles. The first-order valence-electron chi connectivity index (χ1n) is 10.3. The number of hydrogen-bond acceptors (Lipinski definition) is 4. The van der Waals surface area contributed by atoms with Gasteiger partial charge in [0.1, 0.15) is 5.75 Å². The highest BCUT2D eigenvalue weighted by Gasteiger charge is 2.26. The molecule has 0 bridgehead atoms. The molecule has 0 heterocycles. The van der Waals surface area contributed by atoms with Crippen LogP contribution < -0.4 is 14.4 Å². The summed E-state index contributed by atoms with van der Waals surface area (Å²) in [5.41, 5.74) is 1.57. The summed E-state index contributed by atoms with van der Waals surface area (Å²) in [6.45, 7) is 4.05. The van der Waals surface area contributed by atoms with Crippen molar-refractivity contribution in [3.63, 3.8) is 0 Å². The largest absolute Gasteiger partial charge is 0.495 e. The molecular formula is C23H30N2O4S. The first-order chi connectivity index (χ1) is 14.2. The van der Waals surface area contributed by atoms with Gasteiger partial charge in [-0.15, -0.1) is 0 Å². The van der Waals surface area contributed by atoms with E-state index >= 15 is 0 Å². The van der Waals surface area contributed by atoms with Crippen LogP contribution in [-0.2, 0) is 10.0 Å². The third kappa shape index (κ3) is 4.61. The molecule has 2 aromatic carbocycles. The minimum atomic E-state index is -3.86. The van der Waals surface area contributed by atoms with Gasteiger partial charge >= 0.3 is 0 Å². The maximum absolute atomic E-state index is 13.3. The lowest BCUT2D eigenvalue weighted by molar-refractivity contribution is 0.0922. The number of carbonyl (C=O) groups excluding carboxylic acids is 1. The van der Waals surface area contributed by atoms with Crippen molar-refractivity contribution in [2.75, 3.05) is 18.5 Å². The van der Waals surface area contributed by atoms with E-state index in [1.165, 1.54) is 30.6 Å². The summed E-state index contributed by atoms with van der Waals surface area (Å²) in [6.07, 6.45) is 4.12. The number of methoxy groups -OCH3 is 1. The number of nitrogens with zero attached hydrogens (tertiary/aromatic N) is 1. The number of para-hydroxylation sites is 2. The molecule has 162 valence electrons. The van der Waals surface area contributed by atoms with Gasteiger partial charge in [0.2, 0.25) is 0 Å². The maximum atomic E-state index is 13.3. The smallest absolute Gasteiger partial charge is 0.264 e. The summed E-state index contributed by atoms with van der Waals surface area (Å²) in [5.74, 6) is 0.933. The lowest BCUT2D eigenvalue weighted by Gasteiger charge is -2.27. The summed E-state index contributed by atoms with van der Waals surface area (Å²) in [7, 11) is -0.883. The summed E-state index contributed by atoms with van der Waals surface area (Å²) >= 11 is 0. The Morgan fingerprint density at radius 2 is 1.77 bits per heavy atom. The Labute approximate surface area is 179 Å². The van der Waals surface area contributed by atoms with Gasteiger partial charge in [-0.25, -0.2) is 8.42 Å². The van der Waals surface area contributed by atoms with E-state index in [0.29, 0.717) is 22.9 Å². The Hall–Kier alpha value is -2.54. The van der Waals surface area contributed by atoms with Gasteiger partial charge in [0.05, 0.1) is 17.7 Å².